The highest BCUT2D eigenvalue weighted by Gasteiger charge is 2.15. The summed E-state index contributed by atoms with van der Waals surface area (Å²) in [5.74, 6) is -1.14. The van der Waals surface area contributed by atoms with Crippen LogP contribution < -0.4 is 0 Å². The Kier molecular flexibility index (Phi) is 3.19. The van der Waals surface area contributed by atoms with E-state index >= 15 is 0 Å². The van der Waals surface area contributed by atoms with Crippen LogP contribution in [-0.4, -0.2) is 22.7 Å². The molecule has 1 unspecified atom stereocenters. The molecule has 2 heterocycles. The highest BCUT2D eigenvalue weighted by molar-refractivity contribution is 5.69. The lowest BCUT2D eigenvalue weighted by atomic mass is 10.00. The number of ether oxygens (including phenoxy) is 1. The van der Waals surface area contributed by atoms with E-state index in [1.165, 1.54) is 0 Å². The minimum Gasteiger partial charge on any atom is -0.481 e. The van der Waals surface area contributed by atoms with Gasteiger partial charge in [-0.25, -0.2) is 0 Å². The molecule has 0 spiro atoms. The first-order chi connectivity index (χ1) is 7.66. The average Bonchev–Trinajstić information content (AvgIpc) is 2.28. The lowest BCUT2D eigenvalue weighted by Crippen LogP contribution is -2.15. The number of aliphatic carboxylic acids is 1. The Labute approximate surface area is 94.3 Å². The van der Waals surface area contributed by atoms with E-state index in [2.05, 4.69) is 4.98 Å². The van der Waals surface area contributed by atoms with Crippen molar-refractivity contribution in [1.82, 2.24) is 4.98 Å². The fraction of sp³-hybridized carbons (Fsp3) is 0.500. The van der Waals surface area contributed by atoms with Crippen molar-refractivity contribution in [3.8, 4) is 0 Å². The Hall–Kier alpha value is -1.42. The third kappa shape index (κ3) is 2.39. The fourth-order valence-electron chi connectivity index (χ4n) is 1.84. The maximum atomic E-state index is 10.7. The fourth-order valence-corrected chi connectivity index (χ4v) is 1.84. The standard InChI is InChI=1S/C12H15NO3/c1-8(12(14)15)4-9-5-10-7-16-3-2-11(10)13-6-9/h5-6,8H,2-4,7H2,1H3,(H,14,15). The first-order valence-electron chi connectivity index (χ1n) is 5.44. The summed E-state index contributed by atoms with van der Waals surface area (Å²) >= 11 is 0. The lowest BCUT2D eigenvalue weighted by molar-refractivity contribution is -0.141. The Balaban J connectivity index is 2.14. The van der Waals surface area contributed by atoms with Crippen molar-refractivity contribution in [2.45, 2.75) is 26.4 Å². The highest BCUT2D eigenvalue weighted by atomic mass is 16.5. The molecule has 1 atom stereocenters. The summed E-state index contributed by atoms with van der Waals surface area (Å²) in [5, 5.41) is 8.84. The zero-order valence-corrected chi connectivity index (χ0v) is 9.27. The quantitative estimate of drug-likeness (QED) is 0.838. The number of nitrogens with zero attached hydrogens (tertiary/aromatic N) is 1. The number of hydrogen-bond donors (Lipinski definition) is 1. The van der Waals surface area contributed by atoms with Gasteiger partial charge in [0.15, 0.2) is 0 Å². The van der Waals surface area contributed by atoms with Crippen molar-refractivity contribution in [3.05, 3.63) is 29.1 Å². The molecule has 0 amide bonds. The third-order valence-corrected chi connectivity index (χ3v) is 2.82. The number of carboxylic acid groups (broad SMARTS) is 1. The number of carboxylic acids is 1. The molecule has 0 saturated heterocycles. The Morgan fingerprint density at radius 2 is 2.50 bits per heavy atom. The van der Waals surface area contributed by atoms with Gasteiger partial charge in [-0.3, -0.25) is 9.78 Å². The van der Waals surface area contributed by atoms with Crippen LogP contribution in [0, 0.1) is 5.92 Å². The second-order valence-corrected chi connectivity index (χ2v) is 4.20. The summed E-state index contributed by atoms with van der Waals surface area (Å²) in [6.07, 6.45) is 3.16. The molecule has 0 fully saturated rings. The van der Waals surface area contributed by atoms with Gasteiger partial charge in [0.1, 0.15) is 0 Å². The van der Waals surface area contributed by atoms with Gasteiger partial charge in [-0.2, -0.15) is 0 Å². The van der Waals surface area contributed by atoms with E-state index in [1.807, 2.05) is 6.07 Å². The number of carbonyl (C=O) groups is 1. The first kappa shape index (κ1) is 11.1. The van der Waals surface area contributed by atoms with Crippen LogP contribution >= 0.6 is 0 Å². The molecule has 0 bridgehead atoms. The van der Waals surface area contributed by atoms with Crippen molar-refractivity contribution >= 4 is 5.97 Å². The van der Waals surface area contributed by atoms with Crippen LogP contribution in [0.3, 0.4) is 0 Å². The van der Waals surface area contributed by atoms with Gasteiger partial charge in [-0.15, -0.1) is 0 Å². The number of fused-ring (bicyclic) bond motifs is 1. The first-order valence-corrected chi connectivity index (χ1v) is 5.44. The van der Waals surface area contributed by atoms with Gasteiger partial charge < -0.3 is 9.84 Å². The number of aromatic nitrogens is 1. The van der Waals surface area contributed by atoms with E-state index in [-0.39, 0.29) is 5.92 Å². The van der Waals surface area contributed by atoms with E-state index in [0.717, 1.165) is 29.8 Å². The Bertz CT molecular complexity index is 403. The summed E-state index contributed by atoms with van der Waals surface area (Å²) in [5.41, 5.74) is 3.15. The van der Waals surface area contributed by atoms with Crippen LogP contribution in [0.25, 0.3) is 0 Å². The monoisotopic (exact) mass is 221 g/mol. The van der Waals surface area contributed by atoms with Crippen LogP contribution in [-0.2, 0) is 29.0 Å². The molecule has 4 heteroatoms. The van der Waals surface area contributed by atoms with E-state index in [0.29, 0.717) is 13.0 Å². The topological polar surface area (TPSA) is 59.4 Å². The third-order valence-electron chi connectivity index (χ3n) is 2.82. The Morgan fingerprint density at radius 3 is 3.25 bits per heavy atom. The SMILES string of the molecule is CC(Cc1cnc2c(c1)COCC2)C(=O)O. The molecule has 1 aromatic heterocycles. The van der Waals surface area contributed by atoms with Crippen LogP contribution in [0.2, 0.25) is 0 Å². The maximum Gasteiger partial charge on any atom is 0.306 e. The number of hydrogen-bond acceptors (Lipinski definition) is 3. The molecule has 4 nitrogen and oxygen atoms in total. The van der Waals surface area contributed by atoms with Gasteiger partial charge in [0.2, 0.25) is 0 Å². The van der Waals surface area contributed by atoms with Gasteiger partial charge in [0, 0.05) is 18.3 Å². The van der Waals surface area contributed by atoms with Crippen molar-refractivity contribution in [1.29, 1.82) is 0 Å². The van der Waals surface area contributed by atoms with Gasteiger partial charge in [0.25, 0.3) is 0 Å². The minimum atomic E-state index is -0.769. The van der Waals surface area contributed by atoms with E-state index < -0.39 is 5.97 Å². The van der Waals surface area contributed by atoms with Crippen LogP contribution in [0.15, 0.2) is 12.3 Å². The molecular formula is C12H15NO3. The Morgan fingerprint density at radius 1 is 1.69 bits per heavy atom. The largest absolute Gasteiger partial charge is 0.481 e. The van der Waals surface area contributed by atoms with Crippen LogP contribution in [0.4, 0.5) is 0 Å². The molecule has 16 heavy (non-hydrogen) atoms. The summed E-state index contributed by atoms with van der Waals surface area (Å²) in [6.45, 7) is 3.03. The van der Waals surface area contributed by atoms with Crippen molar-refractivity contribution in [2.75, 3.05) is 6.61 Å². The highest BCUT2D eigenvalue weighted by Crippen LogP contribution is 2.17. The van der Waals surface area contributed by atoms with Gasteiger partial charge in [-0.05, 0) is 17.5 Å². The summed E-state index contributed by atoms with van der Waals surface area (Å²) in [6, 6.07) is 2.01. The van der Waals surface area contributed by atoms with Crippen LogP contribution in [0.5, 0.6) is 0 Å². The van der Waals surface area contributed by atoms with E-state index in [9.17, 15) is 4.79 Å². The number of rotatable bonds is 3. The van der Waals surface area contributed by atoms with E-state index in [4.69, 9.17) is 9.84 Å². The van der Waals surface area contributed by atoms with Gasteiger partial charge >= 0.3 is 5.97 Å². The summed E-state index contributed by atoms with van der Waals surface area (Å²) < 4.78 is 5.35. The molecular weight excluding hydrogens is 206 g/mol. The second-order valence-electron chi connectivity index (χ2n) is 4.20. The molecule has 0 aliphatic carbocycles. The zero-order valence-electron chi connectivity index (χ0n) is 9.27. The molecule has 2 rings (SSSR count). The average molecular weight is 221 g/mol. The minimum absolute atomic E-state index is 0.371. The number of pyridine rings is 1. The second kappa shape index (κ2) is 4.61. The smallest absolute Gasteiger partial charge is 0.306 e. The maximum absolute atomic E-state index is 10.7. The van der Waals surface area contributed by atoms with Crippen molar-refractivity contribution in [2.24, 2.45) is 5.92 Å². The lowest BCUT2D eigenvalue weighted by Gasteiger charge is -2.16. The normalized spacial score (nSPS) is 16.6. The van der Waals surface area contributed by atoms with E-state index in [1.54, 1.807) is 13.1 Å². The predicted octanol–water partition coefficient (Wildman–Crippen LogP) is 1.42. The molecule has 1 aliphatic rings. The van der Waals surface area contributed by atoms with Crippen molar-refractivity contribution < 1.29 is 14.6 Å². The molecule has 1 aromatic rings. The predicted molar refractivity (Wildman–Crippen MR) is 58.1 cm³/mol. The summed E-state index contributed by atoms with van der Waals surface area (Å²) in [4.78, 5) is 15.1. The molecule has 1 aliphatic heterocycles. The molecule has 0 radical (unpaired) electrons. The molecule has 86 valence electrons. The zero-order chi connectivity index (χ0) is 11.5. The van der Waals surface area contributed by atoms with Gasteiger partial charge in [0.05, 0.1) is 19.1 Å². The molecule has 0 aromatic carbocycles. The molecule has 0 saturated carbocycles. The summed E-state index contributed by atoms with van der Waals surface area (Å²) in [7, 11) is 0. The van der Waals surface area contributed by atoms with Gasteiger partial charge in [-0.1, -0.05) is 13.0 Å². The molecule has 1 N–H and O–H groups in total. The van der Waals surface area contributed by atoms with Crippen LogP contribution in [0.1, 0.15) is 23.7 Å². The van der Waals surface area contributed by atoms with Crippen molar-refractivity contribution in [3.63, 3.8) is 0 Å².